The normalized spacial score (nSPS) is 18.8. The lowest BCUT2D eigenvalue weighted by atomic mass is 9.87. The first kappa shape index (κ1) is 20.5. The zero-order valence-electron chi connectivity index (χ0n) is 15.7. The molecule has 1 saturated heterocycles. The second kappa shape index (κ2) is 7.84. The van der Waals surface area contributed by atoms with Crippen LogP contribution in [0.1, 0.15) is 46.1 Å². The molecule has 1 aliphatic heterocycles. The van der Waals surface area contributed by atoms with Gasteiger partial charge in [0.2, 0.25) is 0 Å². The third-order valence-electron chi connectivity index (χ3n) is 4.67. The van der Waals surface area contributed by atoms with Crippen molar-refractivity contribution in [3.8, 4) is 0 Å². The monoisotopic (exact) mass is 382 g/mol. The highest BCUT2D eigenvalue weighted by atomic mass is 35.5. The van der Waals surface area contributed by atoms with E-state index in [9.17, 15) is 14.7 Å². The molecule has 1 heterocycles. The lowest BCUT2D eigenvalue weighted by molar-refractivity contribution is -0.152. The predicted octanol–water partition coefficient (Wildman–Crippen LogP) is 3.63. The number of benzene rings is 1. The van der Waals surface area contributed by atoms with E-state index in [2.05, 4.69) is 5.32 Å². The Kier molecular flexibility index (Phi) is 6.19. The summed E-state index contributed by atoms with van der Waals surface area (Å²) < 4.78 is 5.28. The molecule has 1 aromatic carbocycles. The minimum absolute atomic E-state index is 0.0237. The van der Waals surface area contributed by atoms with Gasteiger partial charge in [-0.05, 0) is 58.2 Å². The Labute approximate surface area is 159 Å². The first-order valence-corrected chi connectivity index (χ1v) is 9.14. The number of hydrogen-bond acceptors (Lipinski definition) is 4. The Morgan fingerprint density at radius 2 is 1.69 bits per heavy atom. The van der Waals surface area contributed by atoms with E-state index in [-0.39, 0.29) is 6.04 Å². The number of rotatable bonds is 4. The number of nitrogens with one attached hydrogen (secondary N) is 1. The van der Waals surface area contributed by atoms with Crippen LogP contribution in [0.3, 0.4) is 0 Å². The van der Waals surface area contributed by atoms with E-state index in [0.29, 0.717) is 36.5 Å². The maximum absolute atomic E-state index is 12.1. The molecule has 1 amide bonds. The summed E-state index contributed by atoms with van der Waals surface area (Å²) in [5, 5.41) is 13.3. The van der Waals surface area contributed by atoms with Crippen molar-refractivity contribution < 1.29 is 19.4 Å². The zero-order valence-corrected chi connectivity index (χ0v) is 16.5. The number of nitrogens with zero attached hydrogens (tertiary/aromatic N) is 1. The second-order valence-electron chi connectivity index (χ2n) is 7.79. The summed E-state index contributed by atoms with van der Waals surface area (Å²) in [6, 6.07) is 6.89. The van der Waals surface area contributed by atoms with Crippen molar-refractivity contribution in [1.82, 2.24) is 10.2 Å². The third kappa shape index (κ3) is 4.89. The standard InChI is InChI=1S/C19H27ClN2O4/c1-18(2,3)26-17(25)21-15-9-11-22(12-10-15)19(4,16(23)24)13-5-7-14(20)8-6-13/h5-8,15H,9-12H2,1-4H3,(H,21,25)(H,23,24). The van der Waals surface area contributed by atoms with E-state index in [0.717, 1.165) is 0 Å². The van der Waals surface area contributed by atoms with Crippen LogP contribution in [0.4, 0.5) is 4.79 Å². The summed E-state index contributed by atoms with van der Waals surface area (Å²) in [4.78, 5) is 25.9. The first-order chi connectivity index (χ1) is 12.0. The number of carboxylic acids is 1. The minimum Gasteiger partial charge on any atom is -0.480 e. The average molecular weight is 383 g/mol. The van der Waals surface area contributed by atoms with E-state index in [4.69, 9.17) is 16.3 Å². The van der Waals surface area contributed by atoms with Crippen molar-refractivity contribution >= 4 is 23.7 Å². The average Bonchev–Trinajstić information content (AvgIpc) is 2.53. The van der Waals surface area contributed by atoms with Gasteiger partial charge in [0.15, 0.2) is 0 Å². The molecule has 2 N–H and O–H groups in total. The second-order valence-corrected chi connectivity index (χ2v) is 8.23. The molecule has 0 bridgehead atoms. The molecule has 2 rings (SSSR count). The van der Waals surface area contributed by atoms with Crippen LogP contribution in [0.15, 0.2) is 24.3 Å². The summed E-state index contributed by atoms with van der Waals surface area (Å²) in [6.07, 6.45) is 0.889. The fraction of sp³-hybridized carbons (Fsp3) is 0.579. The number of piperidine rings is 1. The molecule has 1 atom stereocenters. The number of carbonyl (C=O) groups is 2. The number of carboxylic acid groups (broad SMARTS) is 1. The SMILES string of the molecule is CC(C)(C)OC(=O)NC1CCN(C(C)(C(=O)O)c2ccc(Cl)cc2)CC1. The van der Waals surface area contributed by atoms with Gasteiger partial charge in [0.25, 0.3) is 0 Å². The van der Waals surface area contributed by atoms with Crippen molar-refractivity contribution in [2.45, 2.75) is 57.7 Å². The van der Waals surface area contributed by atoms with Gasteiger partial charge in [0.05, 0.1) is 0 Å². The molecule has 0 spiro atoms. The Hall–Kier alpha value is -1.79. The number of carbonyl (C=O) groups excluding carboxylic acids is 1. The maximum atomic E-state index is 12.1. The van der Waals surface area contributed by atoms with Crippen molar-refractivity contribution in [3.05, 3.63) is 34.9 Å². The van der Waals surface area contributed by atoms with Gasteiger partial charge in [-0.25, -0.2) is 9.59 Å². The van der Waals surface area contributed by atoms with Crippen LogP contribution >= 0.6 is 11.6 Å². The van der Waals surface area contributed by atoms with Crippen LogP contribution in [-0.2, 0) is 15.1 Å². The van der Waals surface area contributed by atoms with E-state index < -0.39 is 23.2 Å². The van der Waals surface area contributed by atoms with Gasteiger partial charge in [0.1, 0.15) is 11.1 Å². The summed E-state index contributed by atoms with van der Waals surface area (Å²) >= 11 is 5.93. The summed E-state index contributed by atoms with van der Waals surface area (Å²) in [5.74, 6) is -0.904. The highest BCUT2D eigenvalue weighted by molar-refractivity contribution is 6.30. The molecule has 6 nitrogen and oxygen atoms in total. The summed E-state index contributed by atoms with van der Waals surface area (Å²) in [7, 11) is 0. The van der Waals surface area contributed by atoms with Gasteiger partial charge in [-0.2, -0.15) is 0 Å². The molecular formula is C19H27ClN2O4. The Morgan fingerprint density at radius 1 is 1.15 bits per heavy atom. The fourth-order valence-electron chi connectivity index (χ4n) is 3.16. The van der Waals surface area contributed by atoms with Gasteiger partial charge in [0, 0.05) is 24.2 Å². The highest BCUT2D eigenvalue weighted by Gasteiger charge is 2.43. The molecule has 26 heavy (non-hydrogen) atoms. The van der Waals surface area contributed by atoms with Gasteiger partial charge in [-0.15, -0.1) is 0 Å². The molecule has 0 aromatic heterocycles. The minimum atomic E-state index is -1.14. The third-order valence-corrected chi connectivity index (χ3v) is 4.92. The lowest BCUT2D eigenvalue weighted by Gasteiger charge is -2.42. The number of likely N-dealkylation sites (tertiary alicyclic amines) is 1. The molecule has 1 fully saturated rings. The van der Waals surface area contributed by atoms with E-state index in [1.54, 1.807) is 31.2 Å². The van der Waals surface area contributed by atoms with Gasteiger partial charge in [-0.1, -0.05) is 23.7 Å². The molecular weight excluding hydrogens is 356 g/mol. The van der Waals surface area contributed by atoms with Gasteiger partial charge < -0.3 is 15.2 Å². The van der Waals surface area contributed by atoms with Gasteiger partial charge >= 0.3 is 12.1 Å². The topological polar surface area (TPSA) is 78.9 Å². The number of aliphatic carboxylic acids is 1. The largest absolute Gasteiger partial charge is 0.480 e. The molecule has 144 valence electrons. The van der Waals surface area contributed by atoms with Crippen molar-refractivity contribution in [2.75, 3.05) is 13.1 Å². The summed E-state index contributed by atoms with van der Waals surface area (Å²) in [6.45, 7) is 8.29. The van der Waals surface area contributed by atoms with Crippen molar-refractivity contribution in [3.63, 3.8) is 0 Å². The van der Waals surface area contributed by atoms with Crippen LogP contribution in [0.25, 0.3) is 0 Å². The fourth-order valence-corrected chi connectivity index (χ4v) is 3.29. The summed E-state index contributed by atoms with van der Waals surface area (Å²) in [5.41, 5.74) is -0.990. The highest BCUT2D eigenvalue weighted by Crippen LogP contribution is 2.32. The Morgan fingerprint density at radius 3 is 2.15 bits per heavy atom. The molecule has 0 radical (unpaired) electrons. The predicted molar refractivity (Wildman–Crippen MR) is 100 cm³/mol. The maximum Gasteiger partial charge on any atom is 0.407 e. The quantitative estimate of drug-likeness (QED) is 0.831. The number of alkyl carbamates (subject to hydrolysis) is 1. The van der Waals surface area contributed by atoms with Crippen LogP contribution in [0, 0.1) is 0 Å². The number of halogens is 1. The van der Waals surface area contributed by atoms with Crippen LogP contribution < -0.4 is 5.32 Å². The first-order valence-electron chi connectivity index (χ1n) is 8.76. The number of amides is 1. The van der Waals surface area contributed by atoms with Crippen LogP contribution in [0.5, 0.6) is 0 Å². The van der Waals surface area contributed by atoms with E-state index in [1.165, 1.54) is 0 Å². The van der Waals surface area contributed by atoms with Crippen LogP contribution in [-0.4, -0.2) is 46.8 Å². The van der Waals surface area contributed by atoms with Crippen molar-refractivity contribution in [1.29, 1.82) is 0 Å². The molecule has 0 saturated carbocycles. The molecule has 1 aromatic rings. The molecule has 7 heteroatoms. The number of ether oxygens (including phenoxy) is 1. The molecule has 1 unspecified atom stereocenters. The van der Waals surface area contributed by atoms with E-state index in [1.807, 2.05) is 25.7 Å². The van der Waals surface area contributed by atoms with Crippen molar-refractivity contribution in [2.24, 2.45) is 0 Å². The van der Waals surface area contributed by atoms with Crippen LogP contribution in [0.2, 0.25) is 5.02 Å². The smallest absolute Gasteiger partial charge is 0.407 e. The molecule has 0 aliphatic carbocycles. The zero-order chi connectivity index (χ0) is 19.5. The number of hydrogen-bond donors (Lipinski definition) is 2. The molecule has 1 aliphatic rings. The lowest BCUT2D eigenvalue weighted by Crippen LogP contribution is -2.55. The van der Waals surface area contributed by atoms with Gasteiger partial charge in [-0.3, -0.25) is 4.90 Å². The Bertz CT molecular complexity index is 648. The Balaban J connectivity index is 2.03. The van der Waals surface area contributed by atoms with E-state index >= 15 is 0 Å².